The number of hydrogen-bond donors (Lipinski definition) is 2. The van der Waals surface area contributed by atoms with Crippen molar-refractivity contribution in [2.24, 2.45) is 0 Å². The maximum absolute atomic E-state index is 11.4. The number of carbonyl (C=O) groups is 1. The summed E-state index contributed by atoms with van der Waals surface area (Å²) >= 11 is 13.4. The van der Waals surface area contributed by atoms with E-state index in [1.54, 1.807) is 30.8 Å². The van der Waals surface area contributed by atoms with Crippen LogP contribution in [0.4, 0.5) is 0 Å². The number of nitrogens with one attached hydrogen (secondary N) is 1. The second-order valence-corrected chi connectivity index (χ2v) is 7.20. The Morgan fingerprint density at radius 1 is 1.45 bits per heavy atom. The number of thioether (sulfide) groups is 1. The van der Waals surface area contributed by atoms with E-state index in [9.17, 15) is 9.90 Å². The molecule has 1 aromatic carbocycles. The summed E-state index contributed by atoms with van der Waals surface area (Å²) in [6, 6.07) is 5.44. The van der Waals surface area contributed by atoms with Crippen LogP contribution in [0.3, 0.4) is 0 Å². The first-order valence-corrected chi connectivity index (χ1v) is 8.02. The van der Waals surface area contributed by atoms with Gasteiger partial charge in [-0.3, -0.25) is 4.79 Å². The topological polar surface area (TPSA) is 49.3 Å². The molecule has 20 heavy (non-hydrogen) atoms. The first-order valence-electron chi connectivity index (χ1n) is 6.38. The third kappa shape index (κ3) is 4.85. The molecular formula is C14H19Cl2NO2S. The van der Waals surface area contributed by atoms with Crippen LogP contribution in [0.5, 0.6) is 0 Å². The van der Waals surface area contributed by atoms with Crippen LogP contribution in [0.25, 0.3) is 0 Å². The van der Waals surface area contributed by atoms with E-state index in [1.165, 1.54) is 0 Å². The summed E-state index contributed by atoms with van der Waals surface area (Å²) < 4.78 is 0. The molecule has 0 amide bonds. The lowest BCUT2D eigenvalue weighted by Crippen LogP contribution is -2.50. The number of carboxylic acid groups (broad SMARTS) is 1. The van der Waals surface area contributed by atoms with E-state index in [0.717, 1.165) is 4.90 Å². The van der Waals surface area contributed by atoms with Crippen molar-refractivity contribution < 1.29 is 9.90 Å². The predicted octanol–water partition coefficient (Wildman–Crippen LogP) is 4.32. The van der Waals surface area contributed by atoms with Crippen molar-refractivity contribution in [2.45, 2.75) is 42.9 Å². The summed E-state index contributed by atoms with van der Waals surface area (Å²) in [4.78, 5) is 12.4. The average Bonchev–Trinajstić information content (AvgIpc) is 2.33. The molecule has 2 unspecified atom stereocenters. The summed E-state index contributed by atoms with van der Waals surface area (Å²) in [5, 5.41) is 13.5. The third-order valence-electron chi connectivity index (χ3n) is 2.96. The third-order valence-corrected chi connectivity index (χ3v) is 4.80. The number of benzene rings is 1. The van der Waals surface area contributed by atoms with Gasteiger partial charge in [-0.2, -0.15) is 0 Å². The highest BCUT2D eigenvalue weighted by atomic mass is 35.5. The van der Waals surface area contributed by atoms with Crippen LogP contribution in [0.2, 0.25) is 10.0 Å². The Labute approximate surface area is 134 Å². The fraction of sp³-hybridized carbons (Fsp3) is 0.500. The molecule has 0 aliphatic rings. The molecule has 0 saturated carbocycles. The van der Waals surface area contributed by atoms with E-state index in [1.807, 2.05) is 19.9 Å². The Kier molecular flexibility index (Phi) is 6.65. The molecule has 0 spiro atoms. The standard InChI is InChI=1S/C14H19Cl2NO2S/c1-4-17-14(3,13(18)19)8-9(2)20-10-5-6-11(15)12(16)7-10/h5-7,9,17H,4,8H2,1-3H3,(H,18,19). The van der Waals surface area contributed by atoms with Crippen LogP contribution >= 0.6 is 35.0 Å². The van der Waals surface area contributed by atoms with Crippen LogP contribution in [0.15, 0.2) is 23.1 Å². The van der Waals surface area contributed by atoms with Crippen molar-refractivity contribution in [3.63, 3.8) is 0 Å². The Balaban J connectivity index is 2.72. The number of halogens is 2. The van der Waals surface area contributed by atoms with E-state index in [0.29, 0.717) is 23.0 Å². The predicted molar refractivity (Wildman–Crippen MR) is 86.1 cm³/mol. The molecule has 0 bridgehead atoms. The fourth-order valence-corrected chi connectivity index (χ4v) is 3.60. The molecule has 0 aliphatic heterocycles. The maximum atomic E-state index is 11.4. The van der Waals surface area contributed by atoms with E-state index < -0.39 is 11.5 Å². The van der Waals surface area contributed by atoms with Crippen molar-refractivity contribution in [2.75, 3.05) is 6.54 Å². The number of aliphatic carboxylic acids is 1. The molecule has 0 heterocycles. The lowest BCUT2D eigenvalue weighted by molar-refractivity contribution is -0.144. The Bertz CT molecular complexity index is 484. The monoisotopic (exact) mass is 335 g/mol. The summed E-state index contributed by atoms with van der Waals surface area (Å²) in [5.74, 6) is -0.832. The van der Waals surface area contributed by atoms with Crippen molar-refractivity contribution >= 4 is 40.9 Å². The largest absolute Gasteiger partial charge is 0.480 e. The number of carboxylic acids is 1. The molecular weight excluding hydrogens is 317 g/mol. The zero-order valence-electron chi connectivity index (χ0n) is 11.7. The minimum absolute atomic E-state index is 0.132. The van der Waals surface area contributed by atoms with Gasteiger partial charge in [0.25, 0.3) is 0 Å². The van der Waals surface area contributed by atoms with Gasteiger partial charge < -0.3 is 10.4 Å². The highest BCUT2D eigenvalue weighted by Crippen LogP contribution is 2.33. The van der Waals surface area contributed by atoms with Crippen molar-refractivity contribution in [3.8, 4) is 0 Å². The van der Waals surface area contributed by atoms with Crippen LogP contribution in [0.1, 0.15) is 27.2 Å². The minimum atomic E-state index is -0.919. The maximum Gasteiger partial charge on any atom is 0.323 e. The molecule has 112 valence electrons. The van der Waals surface area contributed by atoms with Crippen molar-refractivity contribution in [1.29, 1.82) is 0 Å². The smallest absolute Gasteiger partial charge is 0.323 e. The van der Waals surface area contributed by atoms with Gasteiger partial charge in [-0.05, 0) is 38.1 Å². The van der Waals surface area contributed by atoms with E-state index in [-0.39, 0.29) is 5.25 Å². The van der Waals surface area contributed by atoms with Crippen LogP contribution in [-0.2, 0) is 4.79 Å². The molecule has 0 radical (unpaired) electrons. The van der Waals surface area contributed by atoms with Gasteiger partial charge in [0, 0.05) is 10.1 Å². The molecule has 3 nitrogen and oxygen atoms in total. The van der Waals surface area contributed by atoms with Crippen LogP contribution < -0.4 is 5.32 Å². The van der Waals surface area contributed by atoms with Gasteiger partial charge >= 0.3 is 5.97 Å². The number of rotatable bonds is 7. The zero-order valence-corrected chi connectivity index (χ0v) is 14.1. The van der Waals surface area contributed by atoms with Gasteiger partial charge in [0.15, 0.2) is 0 Å². The van der Waals surface area contributed by atoms with Crippen molar-refractivity contribution in [1.82, 2.24) is 5.32 Å². The minimum Gasteiger partial charge on any atom is -0.480 e. The summed E-state index contributed by atoms with van der Waals surface area (Å²) in [5.41, 5.74) is -0.919. The molecule has 2 atom stereocenters. The molecule has 0 aliphatic carbocycles. The highest BCUT2D eigenvalue weighted by Gasteiger charge is 2.33. The van der Waals surface area contributed by atoms with Crippen molar-refractivity contribution in [3.05, 3.63) is 28.2 Å². The first kappa shape index (κ1) is 17.6. The molecule has 0 aromatic heterocycles. The molecule has 1 aromatic rings. The average molecular weight is 336 g/mol. The number of hydrogen-bond acceptors (Lipinski definition) is 3. The quantitative estimate of drug-likeness (QED) is 0.728. The Morgan fingerprint density at radius 3 is 2.60 bits per heavy atom. The Morgan fingerprint density at radius 2 is 2.10 bits per heavy atom. The SMILES string of the molecule is CCNC(C)(CC(C)Sc1ccc(Cl)c(Cl)c1)C(=O)O. The summed E-state index contributed by atoms with van der Waals surface area (Å²) in [7, 11) is 0. The second kappa shape index (κ2) is 7.55. The number of likely N-dealkylation sites (N-methyl/N-ethyl adjacent to an activating group) is 1. The second-order valence-electron chi connectivity index (χ2n) is 4.88. The lowest BCUT2D eigenvalue weighted by Gasteiger charge is -2.28. The van der Waals surface area contributed by atoms with E-state index in [4.69, 9.17) is 23.2 Å². The summed E-state index contributed by atoms with van der Waals surface area (Å²) in [6.45, 7) is 6.24. The van der Waals surface area contributed by atoms with E-state index >= 15 is 0 Å². The fourth-order valence-electron chi connectivity index (χ4n) is 2.02. The molecule has 0 saturated heterocycles. The summed E-state index contributed by atoms with van der Waals surface area (Å²) in [6.07, 6.45) is 0.515. The molecule has 6 heteroatoms. The van der Waals surface area contributed by atoms with Crippen LogP contribution in [0, 0.1) is 0 Å². The van der Waals surface area contributed by atoms with E-state index in [2.05, 4.69) is 5.32 Å². The zero-order chi connectivity index (χ0) is 15.3. The lowest BCUT2D eigenvalue weighted by atomic mass is 9.96. The molecule has 1 rings (SSSR count). The van der Waals surface area contributed by atoms with Gasteiger partial charge in [-0.25, -0.2) is 0 Å². The van der Waals surface area contributed by atoms with Gasteiger partial charge in [0.05, 0.1) is 10.0 Å². The Hall–Kier alpha value is -0.420. The molecule has 2 N–H and O–H groups in total. The highest BCUT2D eigenvalue weighted by molar-refractivity contribution is 8.00. The van der Waals surface area contributed by atoms with Gasteiger partial charge in [-0.1, -0.05) is 37.0 Å². The normalized spacial score (nSPS) is 15.7. The van der Waals surface area contributed by atoms with Crippen LogP contribution in [-0.4, -0.2) is 28.4 Å². The van der Waals surface area contributed by atoms with Gasteiger partial charge in [-0.15, -0.1) is 11.8 Å². The van der Waals surface area contributed by atoms with Gasteiger partial charge in [0.1, 0.15) is 5.54 Å². The molecule has 0 fully saturated rings. The first-order chi connectivity index (χ1) is 9.28. The van der Waals surface area contributed by atoms with Gasteiger partial charge in [0.2, 0.25) is 0 Å².